The predicted octanol–water partition coefficient (Wildman–Crippen LogP) is 5.72. The molecule has 2 saturated carbocycles. The summed E-state index contributed by atoms with van der Waals surface area (Å²) in [7, 11) is 1.46. The van der Waals surface area contributed by atoms with Gasteiger partial charge in [0.05, 0.1) is 11.7 Å². The van der Waals surface area contributed by atoms with Gasteiger partial charge >= 0.3 is 0 Å². The van der Waals surface area contributed by atoms with Gasteiger partial charge in [-0.1, -0.05) is 6.92 Å². The Bertz CT molecular complexity index is 1180. The topological polar surface area (TPSA) is 89.1 Å². The first-order valence-corrected chi connectivity index (χ1v) is 12.2. The molecule has 10 heteroatoms. The molecule has 2 fully saturated rings. The summed E-state index contributed by atoms with van der Waals surface area (Å²) in [6.45, 7) is 3.07. The molecule has 186 valence electrons. The van der Waals surface area contributed by atoms with Crippen LogP contribution in [-0.4, -0.2) is 39.2 Å². The summed E-state index contributed by atoms with van der Waals surface area (Å²) in [5.74, 6) is 1.77. The van der Waals surface area contributed by atoms with Crippen LogP contribution in [0.25, 0.3) is 11.5 Å². The van der Waals surface area contributed by atoms with Crippen LogP contribution >= 0.6 is 0 Å². The second kappa shape index (κ2) is 9.75. The van der Waals surface area contributed by atoms with E-state index in [9.17, 15) is 13.6 Å². The summed E-state index contributed by atoms with van der Waals surface area (Å²) in [4.78, 5) is 23.0. The van der Waals surface area contributed by atoms with Crippen LogP contribution in [0.2, 0.25) is 0 Å². The number of halogens is 2. The SMILES string of the molecule is CC1CCC(n2cc(N(C)C(=O)c3coc(-c4ccnc(NCC5CC5)c4)n3)c(C(F)F)n2)CC1. The third-order valence-corrected chi connectivity index (χ3v) is 6.97. The number of nitrogens with zero attached hydrogens (tertiary/aromatic N) is 5. The molecule has 0 radical (unpaired) electrons. The molecule has 8 nitrogen and oxygen atoms in total. The van der Waals surface area contributed by atoms with Gasteiger partial charge in [0, 0.05) is 31.5 Å². The zero-order valence-corrected chi connectivity index (χ0v) is 20.0. The minimum Gasteiger partial charge on any atom is -0.444 e. The highest BCUT2D eigenvalue weighted by Crippen LogP contribution is 2.36. The average Bonchev–Trinajstić information content (AvgIpc) is 3.37. The summed E-state index contributed by atoms with van der Waals surface area (Å²) < 4.78 is 34.8. The zero-order chi connectivity index (χ0) is 24.5. The standard InChI is InChI=1S/C25H30F2N6O2/c1-15-3-7-18(8-4-15)33-13-20(22(31-33)23(26)27)32(2)25(34)19-14-35-24(30-19)17-9-10-28-21(11-17)29-12-16-5-6-16/h9-11,13-16,18,23H,3-8,12H2,1-2H3,(H,28,29). The molecule has 0 unspecified atom stereocenters. The highest BCUT2D eigenvalue weighted by atomic mass is 19.3. The fraction of sp³-hybridized carbons (Fsp3) is 0.520. The van der Waals surface area contributed by atoms with Crippen LogP contribution in [0.3, 0.4) is 0 Å². The second-order valence-electron chi connectivity index (χ2n) is 9.75. The molecule has 2 aliphatic rings. The van der Waals surface area contributed by atoms with Crippen molar-refractivity contribution in [2.45, 2.75) is 57.9 Å². The fourth-order valence-corrected chi connectivity index (χ4v) is 4.52. The number of aromatic nitrogens is 4. The molecule has 2 aliphatic carbocycles. The summed E-state index contributed by atoms with van der Waals surface area (Å²) in [5, 5.41) is 7.47. The van der Waals surface area contributed by atoms with E-state index < -0.39 is 18.0 Å². The number of pyridine rings is 1. The van der Waals surface area contributed by atoms with Gasteiger partial charge < -0.3 is 14.6 Å². The molecular weight excluding hydrogens is 454 g/mol. The maximum absolute atomic E-state index is 13.8. The Morgan fingerprint density at radius 2 is 2.03 bits per heavy atom. The maximum atomic E-state index is 13.8. The lowest BCUT2D eigenvalue weighted by atomic mass is 9.87. The molecular formula is C25H30F2N6O2. The molecule has 35 heavy (non-hydrogen) atoms. The molecule has 3 aromatic rings. The average molecular weight is 485 g/mol. The Kier molecular flexibility index (Phi) is 6.53. The van der Waals surface area contributed by atoms with Crippen LogP contribution in [0, 0.1) is 11.8 Å². The van der Waals surface area contributed by atoms with Crippen molar-refractivity contribution in [3.8, 4) is 11.5 Å². The smallest absolute Gasteiger partial charge is 0.284 e. The van der Waals surface area contributed by atoms with E-state index in [1.54, 1.807) is 23.1 Å². The van der Waals surface area contributed by atoms with E-state index in [1.165, 1.54) is 31.1 Å². The third kappa shape index (κ3) is 5.21. The molecule has 0 spiro atoms. The molecule has 0 saturated heterocycles. The zero-order valence-electron chi connectivity index (χ0n) is 20.0. The van der Waals surface area contributed by atoms with Gasteiger partial charge in [-0.2, -0.15) is 5.10 Å². The molecule has 1 N–H and O–H groups in total. The Labute approximate surface area is 202 Å². The summed E-state index contributed by atoms with van der Waals surface area (Å²) in [6.07, 6.45) is 7.97. The number of nitrogens with one attached hydrogen (secondary N) is 1. The van der Waals surface area contributed by atoms with Crippen molar-refractivity contribution in [2.75, 3.05) is 23.8 Å². The van der Waals surface area contributed by atoms with Crippen molar-refractivity contribution in [2.24, 2.45) is 11.8 Å². The number of hydrogen-bond acceptors (Lipinski definition) is 6. The first kappa shape index (κ1) is 23.4. The van der Waals surface area contributed by atoms with E-state index in [0.29, 0.717) is 23.2 Å². The quantitative estimate of drug-likeness (QED) is 0.440. The van der Waals surface area contributed by atoms with E-state index in [-0.39, 0.29) is 23.3 Å². The fourth-order valence-electron chi connectivity index (χ4n) is 4.52. The van der Waals surface area contributed by atoms with Crippen molar-refractivity contribution in [1.29, 1.82) is 0 Å². The second-order valence-corrected chi connectivity index (χ2v) is 9.75. The van der Waals surface area contributed by atoms with Crippen molar-refractivity contribution in [1.82, 2.24) is 19.7 Å². The highest BCUT2D eigenvalue weighted by molar-refractivity contribution is 6.04. The maximum Gasteiger partial charge on any atom is 0.284 e. The number of alkyl halides is 2. The lowest BCUT2D eigenvalue weighted by Gasteiger charge is -2.26. The van der Waals surface area contributed by atoms with Crippen LogP contribution in [-0.2, 0) is 0 Å². The van der Waals surface area contributed by atoms with Crippen LogP contribution in [0.1, 0.15) is 74.1 Å². The highest BCUT2D eigenvalue weighted by Gasteiger charge is 2.29. The lowest BCUT2D eigenvalue weighted by Crippen LogP contribution is -2.27. The van der Waals surface area contributed by atoms with Crippen molar-refractivity contribution in [3.63, 3.8) is 0 Å². The minimum atomic E-state index is -2.80. The Balaban J connectivity index is 1.33. The molecule has 5 rings (SSSR count). The molecule has 0 atom stereocenters. The molecule has 3 aromatic heterocycles. The van der Waals surface area contributed by atoms with Gasteiger partial charge in [-0.25, -0.2) is 18.7 Å². The van der Waals surface area contributed by atoms with Gasteiger partial charge in [-0.15, -0.1) is 0 Å². The summed E-state index contributed by atoms with van der Waals surface area (Å²) in [5.41, 5.74) is 0.395. The molecule has 0 aliphatic heterocycles. The number of anilines is 2. The van der Waals surface area contributed by atoms with E-state index in [1.807, 2.05) is 6.07 Å². The lowest BCUT2D eigenvalue weighted by molar-refractivity contribution is 0.0986. The van der Waals surface area contributed by atoms with E-state index in [4.69, 9.17) is 4.42 Å². The third-order valence-electron chi connectivity index (χ3n) is 6.97. The van der Waals surface area contributed by atoms with Crippen LogP contribution in [0.5, 0.6) is 0 Å². The van der Waals surface area contributed by atoms with Gasteiger partial charge in [0.25, 0.3) is 12.3 Å². The number of carbonyl (C=O) groups excluding carboxylic acids is 1. The normalized spacial score (nSPS) is 20.3. The number of hydrogen-bond donors (Lipinski definition) is 1. The monoisotopic (exact) mass is 484 g/mol. The number of amides is 1. The summed E-state index contributed by atoms with van der Waals surface area (Å²) >= 11 is 0. The molecule has 3 heterocycles. The van der Waals surface area contributed by atoms with Gasteiger partial charge in [-0.3, -0.25) is 9.48 Å². The van der Waals surface area contributed by atoms with Crippen LogP contribution < -0.4 is 10.2 Å². The van der Waals surface area contributed by atoms with Crippen LogP contribution in [0.4, 0.5) is 20.3 Å². The first-order chi connectivity index (χ1) is 16.9. The van der Waals surface area contributed by atoms with Crippen LogP contribution in [0.15, 0.2) is 35.2 Å². The number of carbonyl (C=O) groups is 1. The van der Waals surface area contributed by atoms with E-state index >= 15 is 0 Å². The van der Waals surface area contributed by atoms with Gasteiger partial charge in [-0.05, 0) is 62.5 Å². The molecule has 0 aromatic carbocycles. The number of oxazole rings is 1. The predicted molar refractivity (Wildman–Crippen MR) is 128 cm³/mol. The van der Waals surface area contributed by atoms with Gasteiger partial charge in [0.2, 0.25) is 5.89 Å². The van der Waals surface area contributed by atoms with Crippen molar-refractivity contribution < 1.29 is 18.0 Å². The van der Waals surface area contributed by atoms with Crippen molar-refractivity contribution >= 4 is 17.4 Å². The molecule has 0 bridgehead atoms. The Morgan fingerprint density at radius 1 is 1.26 bits per heavy atom. The summed E-state index contributed by atoms with van der Waals surface area (Å²) in [6, 6.07) is 3.63. The Morgan fingerprint density at radius 3 is 2.74 bits per heavy atom. The molecule has 1 amide bonds. The van der Waals surface area contributed by atoms with Gasteiger partial charge in [0.1, 0.15) is 12.1 Å². The number of rotatable bonds is 8. The van der Waals surface area contributed by atoms with Crippen molar-refractivity contribution in [3.05, 3.63) is 42.2 Å². The van der Waals surface area contributed by atoms with Gasteiger partial charge in [0.15, 0.2) is 11.4 Å². The van der Waals surface area contributed by atoms with E-state index in [2.05, 4.69) is 27.3 Å². The largest absolute Gasteiger partial charge is 0.444 e. The van der Waals surface area contributed by atoms with E-state index in [0.717, 1.165) is 32.2 Å². The minimum absolute atomic E-state index is 0.0336. The first-order valence-electron chi connectivity index (χ1n) is 12.2. The Hall–Kier alpha value is -3.30.